The zero-order valence-corrected chi connectivity index (χ0v) is 15.7. The topological polar surface area (TPSA) is 66.5 Å². The van der Waals surface area contributed by atoms with Gasteiger partial charge in [0, 0.05) is 6.04 Å². The summed E-state index contributed by atoms with van der Waals surface area (Å²) < 4.78 is 0. The smallest absolute Gasteiger partial charge is 0.0836 e. The van der Waals surface area contributed by atoms with E-state index in [4.69, 9.17) is 5.73 Å². The molecule has 0 aromatic carbocycles. The molecule has 10 atom stereocenters. The standard InChI is InChI=1S/C21H37NO2/c1-4-12-5-6-14-17-15(8-10-20(12,14)2)21(3)9-7-13(22)11-16(21)18(23)19(17)24/h12-19,23-24H,4-11,22H2,1-3H3. The summed E-state index contributed by atoms with van der Waals surface area (Å²) in [4.78, 5) is 0. The van der Waals surface area contributed by atoms with Crippen molar-refractivity contribution in [3.63, 3.8) is 0 Å². The minimum atomic E-state index is -0.578. The minimum Gasteiger partial charge on any atom is -0.390 e. The number of rotatable bonds is 1. The molecule has 3 nitrogen and oxygen atoms in total. The molecule has 3 heteroatoms. The number of aliphatic hydroxyl groups excluding tert-OH is 2. The van der Waals surface area contributed by atoms with Crippen LogP contribution in [0.1, 0.15) is 72.1 Å². The first-order chi connectivity index (χ1) is 11.3. The number of fused-ring (bicyclic) bond motifs is 5. The van der Waals surface area contributed by atoms with Crippen molar-refractivity contribution in [3.05, 3.63) is 0 Å². The maximum absolute atomic E-state index is 11.1. The Labute approximate surface area is 147 Å². The largest absolute Gasteiger partial charge is 0.390 e. The van der Waals surface area contributed by atoms with Crippen molar-refractivity contribution in [3.8, 4) is 0 Å². The molecule has 0 saturated heterocycles. The molecule has 4 saturated carbocycles. The van der Waals surface area contributed by atoms with Crippen molar-refractivity contribution in [1.29, 1.82) is 0 Å². The van der Waals surface area contributed by atoms with E-state index >= 15 is 0 Å². The summed E-state index contributed by atoms with van der Waals surface area (Å²) in [6.07, 6.45) is 8.35. The number of hydrogen-bond donors (Lipinski definition) is 3. The highest BCUT2D eigenvalue weighted by molar-refractivity contribution is 5.13. The molecule has 0 amide bonds. The molecule has 4 rings (SSSR count). The zero-order valence-electron chi connectivity index (χ0n) is 15.7. The number of hydrogen-bond acceptors (Lipinski definition) is 3. The summed E-state index contributed by atoms with van der Waals surface area (Å²) >= 11 is 0. The fourth-order valence-electron chi connectivity index (χ4n) is 8.07. The molecule has 0 bridgehead atoms. The number of aliphatic hydroxyl groups is 2. The fourth-order valence-corrected chi connectivity index (χ4v) is 8.07. The van der Waals surface area contributed by atoms with E-state index in [2.05, 4.69) is 20.8 Å². The van der Waals surface area contributed by atoms with E-state index in [0.717, 1.165) is 25.2 Å². The predicted octanol–water partition coefficient (Wildman–Crippen LogP) is 3.32. The monoisotopic (exact) mass is 335 g/mol. The van der Waals surface area contributed by atoms with Crippen LogP contribution in [0, 0.1) is 40.4 Å². The highest BCUT2D eigenvalue weighted by atomic mass is 16.3. The molecule has 138 valence electrons. The average Bonchev–Trinajstić information content (AvgIpc) is 2.90. The molecule has 24 heavy (non-hydrogen) atoms. The average molecular weight is 336 g/mol. The van der Waals surface area contributed by atoms with E-state index in [1.54, 1.807) is 0 Å². The Morgan fingerprint density at radius 1 is 0.875 bits per heavy atom. The second-order valence-corrected chi connectivity index (χ2v) is 10.1. The van der Waals surface area contributed by atoms with Crippen molar-refractivity contribution in [2.45, 2.75) is 90.4 Å². The van der Waals surface area contributed by atoms with Gasteiger partial charge in [-0.2, -0.15) is 0 Å². The Bertz CT molecular complexity index is 496. The lowest BCUT2D eigenvalue weighted by Gasteiger charge is -2.63. The van der Waals surface area contributed by atoms with Crippen LogP contribution in [0.2, 0.25) is 0 Å². The summed E-state index contributed by atoms with van der Waals surface area (Å²) in [5.74, 6) is 2.45. The zero-order chi connectivity index (χ0) is 17.3. The Kier molecular flexibility index (Phi) is 4.10. The highest BCUT2D eigenvalue weighted by Gasteiger charge is 2.64. The number of nitrogens with two attached hydrogens (primary N) is 1. The quantitative estimate of drug-likeness (QED) is 0.688. The predicted molar refractivity (Wildman–Crippen MR) is 96.3 cm³/mol. The van der Waals surface area contributed by atoms with Crippen molar-refractivity contribution in [2.24, 2.45) is 46.2 Å². The molecule has 4 fully saturated rings. The van der Waals surface area contributed by atoms with E-state index in [1.807, 2.05) is 0 Å². The van der Waals surface area contributed by atoms with E-state index in [-0.39, 0.29) is 17.4 Å². The van der Waals surface area contributed by atoms with E-state index in [9.17, 15) is 10.2 Å². The van der Waals surface area contributed by atoms with Crippen LogP contribution in [-0.2, 0) is 0 Å². The lowest BCUT2D eigenvalue weighted by molar-refractivity contribution is -0.215. The van der Waals surface area contributed by atoms with Crippen LogP contribution in [0.25, 0.3) is 0 Å². The van der Waals surface area contributed by atoms with Crippen LogP contribution in [0.5, 0.6) is 0 Å². The summed E-state index contributed by atoms with van der Waals surface area (Å²) in [7, 11) is 0. The molecule has 0 aliphatic heterocycles. The van der Waals surface area contributed by atoms with Crippen LogP contribution in [0.15, 0.2) is 0 Å². The van der Waals surface area contributed by atoms with E-state index in [1.165, 1.54) is 32.1 Å². The lowest BCUT2D eigenvalue weighted by atomic mass is 9.43. The van der Waals surface area contributed by atoms with Crippen LogP contribution in [-0.4, -0.2) is 28.5 Å². The Morgan fingerprint density at radius 3 is 2.25 bits per heavy atom. The van der Waals surface area contributed by atoms with Crippen molar-refractivity contribution in [2.75, 3.05) is 0 Å². The van der Waals surface area contributed by atoms with Crippen LogP contribution >= 0.6 is 0 Å². The minimum absolute atomic E-state index is 0.171. The fraction of sp³-hybridized carbons (Fsp3) is 1.00. The van der Waals surface area contributed by atoms with Crippen molar-refractivity contribution < 1.29 is 10.2 Å². The lowest BCUT2D eigenvalue weighted by Crippen LogP contribution is -2.64. The first-order valence-electron chi connectivity index (χ1n) is 10.4. The molecular weight excluding hydrogens is 298 g/mol. The van der Waals surface area contributed by atoms with E-state index in [0.29, 0.717) is 23.2 Å². The Morgan fingerprint density at radius 2 is 1.54 bits per heavy atom. The van der Waals surface area contributed by atoms with Gasteiger partial charge in [0.15, 0.2) is 0 Å². The molecule has 0 spiro atoms. The second-order valence-electron chi connectivity index (χ2n) is 10.1. The van der Waals surface area contributed by atoms with Gasteiger partial charge in [-0.25, -0.2) is 0 Å². The van der Waals surface area contributed by atoms with Gasteiger partial charge in [0.25, 0.3) is 0 Å². The van der Waals surface area contributed by atoms with Crippen LogP contribution in [0.4, 0.5) is 0 Å². The van der Waals surface area contributed by atoms with Gasteiger partial charge < -0.3 is 15.9 Å². The van der Waals surface area contributed by atoms with Gasteiger partial charge in [0.05, 0.1) is 12.2 Å². The Hall–Kier alpha value is -0.120. The van der Waals surface area contributed by atoms with Gasteiger partial charge in [0.2, 0.25) is 0 Å². The van der Waals surface area contributed by atoms with Gasteiger partial charge >= 0.3 is 0 Å². The van der Waals surface area contributed by atoms with Crippen LogP contribution < -0.4 is 5.73 Å². The van der Waals surface area contributed by atoms with Gasteiger partial charge in [-0.15, -0.1) is 0 Å². The molecule has 4 aliphatic carbocycles. The van der Waals surface area contributed by atoms with Crippen LogP contribution in [0.3, 0.4) is 0 Å². The summed E-state index contributed by atoms with van der Waals surface area (Å²) in [5.41, 5.74) is 6.78. The first kappa shape index (κ1) is 17.3. The molecule has 10 unspecified atom stereocenters. The maximum Gasteiger partial charge on any atom is 0.0836 e. The highest BCUT2D eigenvalue weighted by Crippen LogP contribution is 2.67. The third kappa shape index (κ3) is 2.13. The summed E-state index contributed by atoms with van der Waals surface area (Å²) in [6, 6.07) is 0.200. The summed E-state index contributed by atoms with van der Waals surface area (Å²) in [6.45, 7) is 7.22. The Balaban J connectivity index is 1.70. The molecule has 0 aromatic rings. The van der Waals surface area contributed by atoms with Gasteiger partial charge in [-0.3, -0.25) is 0 Å². The van der Waals surface area contributed by atoms with Gasteiger partial charge in [-0.1, -0.05) is 27.2 Å². The molecule has 4 aliphatic rings. The van der Waals surface area contributed by atoms with Gasteiger partial charge in [-0.05, 0) is 85.4 Å². The first-order valence-corrected chi connectivity index (χ1v) is 10.4. The maximum atomic E-state index is 11.1. The molecular formula is C21H37NO2. The SMILES string of the molecule is CCC1CCC2C3C(O)C(O)C4CC(N)CCC4(C)C3CCC12C. The summed E-state index contributed by atoms with van der Waals surface area (Å²) in [5, 5.41) is 22.2. The van der Waals surface area contributed by atoms with Crippen molar-refractivity contribution >= 4 is 0 Å². The van der Waals surface area contributed by atoms with Gasteiger partial charge in [0.1, 0.15) is 0 Å². The molecule has 0 heterocycles. The molecule has 4 N–H and O–H groups in total. The van der Waals surface area contributed by atoms with E-state index < -0.39 is 12.2 Å². The third-order valence-electron chi connectivity index (χ3n) is 9.48. The normalized spacial score (nSPS) is 60.2. The molecule has 0 radical (unpaired) electrons. The molecule has 0 aromatic heterocycles. The third-order valence-corrected chi connectivity index (χ3v) is 9.48. The second kappa shape index (κ2) is 5.69. The van der Waals surface area contributed by atoms with Crippen molar-refractivity contribution in [1.82, 2.24) is 0 Å².